The predicted octanol–water partition coefficient (Wildman–Crippen LogP) is 2.24. The van der Waals surface area contributed by atoms with E-state index in [0.29, 0.717) is 23.4 Å². The molecule has 1 aromatic rings. The number of nitrogens with zero attached hydrogens (tertiary/aromatic N) is 2. The molecule has 0 aromatic carbocycles. The van der Waals surface area contributed by atoms with Crippen LogP contribution in [-0.2, 0) is 4.74 Å². The van der Waals surface area contributed by atoms with Gasteiger partial charge in [-0.3, -0.25) is 0 Å². The Labute approximate surface area is 105 Å². The van der Waals surface area contributed by atoms with E-state index in [2.05, 4.69) is 4.98 Å². The van der Waals surface area contributed by atoms with Crippen LogP contribution in [0.5, 0.6) is 0 Å². The van der Waals surface area contributed by atoms with Crippen LogP contribution >= 0.6 is 0 Å². The second kappa shape index (κ2) is 5.70. The van der Waals surface area contributed by atoms with Gasteiger partial charge in [-0.15, -0.1) is 0 Å². The summed E-state index contributed by atoms with van der Waals surface area (Å²) in [6.45, 7) is 5.54. The number of nitriles is 2. The minimum Gasteiger partial charge on any atom is -0.461 e. The Bertz CT molecular complexity index is 567. The van der Waals surface area contributed by atoms with Crippen molar-refractivity contribution in [3.8, 4) is 12.1 Å². The summed E-state index contributed by atoms with van der Waals surface area (Å²) in [6.07, 6.45) is 1.46. The van der Waals surface area contributed by atoms with Crippen molar-refractivity contribution >= 4 is 12.0 Å². The molecule has 0 atom stereocenters. The third kappa shape index (κ3) is 2.58. The van der Waals surface area contributed by atoms with Crippen LogP contribution in [-0.4, -0.2) is 17.6 Å². The Morgan fingerprint density at radius 1 is 1.39 bits per heavy atom. The van der Waals surface area contributed by atoms with Crippen molar-refractivity contribution in [1.29, 1.82) is 10.5 Å². The van der Waals surface area contributed by atoms with Crippen LogP contribution in [0.1, 0.15) is 34.2 Å². The molecule has 0 aliphatic rings. The molecule has 0 bridgehead atoms. The van der Waals surface area contributed by atoms with E-state index >= 15 is 0 Å². The van der Waals surface area contributed by atoms with Gasteiger partial charge < -0.3 is 9.72 Å². The number of aromatic nitrogens is 1. The number of aryl methyl sites for hydroxylation is 1. The van der Waals surface area contributed by atoms with Crippen LogP contribution in [0.2, 0.25) is 0 Å². The minimum atomic E-state index is -0.437. The first kappa shape index (κ1) is 13.5. The molecule has 1 aromatic heterocycles. The monoisotopic (exact) mass is 243 g/mol. The Balaban J connectivity index is 3.26. The first-order chi connectivity index (χ1) is 8.54. The fourth-order valence-electron chi connectivity index (χ4n) is 1.62. The second-order valence-electron chi connectivity index (χ2n) is 3.67. The molecule has 0 spiro atoms. The third-order valence-electron chi connectivity index (χ3n) is 2.50. The van der Waals surface area contributed by atoms with Crippen LogP contribution in [0.4, 0.5) is 0 Å². The summed E-state index contributed by atoms with van der Waals surface area (Å²) in [5, 5.41) is 17.5. The highest BCUT2D eigenvalue weighted by molar-refractivity contribution is 5.91. The zero-order valence-electron chi connectivity index (χ0n) is 10.5. The van der Waals surface area contributed by atoms with Gasteiger partial charge in [0, 0.05) is 11.3 Å². The molecule has 1 heterocycles. The first-order valence-corrected chi connectivity index (χ1v) is 5.43. The van der Waals surface area contributed by atoms with Crippen molar-refractivity contribution in [2.45, 2.75) is 20.8 Å². The molecule has 5 heteroatoms. The molecular formula is C13H13N3O2. The van der Waals surface area contributed by atoms with Crippen LogP contribution in [0.25, 0.3) is 6.08 Å². The molecule has 5 nitrogen and oxygen atoms in total. The summed E-state index contributed by atoms with van der Waals surface area (Å²) in [5.74, 6) is -0.437. The smallest absolute Gasteiger partial charge is 0.355 e. The number of esters is 1. The van der Waals surface area contributed by atoms with Crippen molar-refractivity contribution in [1.82, 2.24) is 4.98 Å². The first-order valence-electron chi connectivity index (χ1n) is 5.43. The molecule has 92 valence electrons. The van der Waals surface area contributed by atoms with E-state index in [1.165, 1.54) is 6.08 Å². The summed E-state index contributed by atoms with van der Waals surface area (Å²) in [5.41, 5.74) is 2.43. The average Bonchev–Trinajstić information content (AvgIpc) is 2.63. The standard InChI is InChI=1S/C13H13N3O2/c1-4-18-13(17)12-8(2)11(9(3)16-12)5-10(6-14)7-15/h5,16H,4H2,1-3H3. The predicted molar refractivity (Wildman–Crippen MR) is 65.4 cm³/mol. The largest absolute Gasteiger partial charge is 0.461 e. The maximum absolute atomic E-state index is 11.7. The average molecular weight is 243 g/mol. The molecule has 0 unspecified atom stereocenters. The van der Waals surface area contributed by atoms with Crippen molar-refractivity contribution in [3.05, 3.63) is 28.1 Å². The van der Waals surface area contributed by atoms with Crippen LogP contribution in [0, 0.1) is 36.5 Å². The summed E-state index contributed by atoms with van der Waals surface area (Å²) < 4.78 is 4.91. The highest BCUT2D eigenvalue weighted by atomic mass is 16.5. The normalized spacial score (nSPS) is 9.17. The number of hydrogen-bond acceptors (Lipinski definition) is 4. The Kier molecular flexibility index (Phi) is 4.28. The van der Waals surface area contributed by atoms with E-state index < -0.39 is 5.97 Å². The van der Waals surface area contributed by atoms with E-state index in [-0.39, 0.29) is 5.57 Å². The number of aromatic amines is 1. The zero-order chi connectivity index (χ0) is 13.7. The summed E-state index contributed by atoms with van der Waals surface area (Å²) >= 11 is 0. The molecule has 1 N–H and O–H groups in total. The van der Waals surface area contributed by atoms with Gasteiger partial charge in [0.1, 0.15) is 23.4 Å². The SMILES string of the molecule is CCOC(=O)c1[nH]c(C)c(C=C(C#N)C#N)c1C. The number of H-pyrrole nitrogens is 1. The molecule has 0 amide bonds. The van der Waals surface area contributed by atoms with E-state index in [9.17, 15) is 4.79 Å². The third-order valence-corrected chi connectivity index (χ3v) is 2.50. The van der Waals surface area contributed by atoms with E-state index in [4.69, 9.17) is 15.3 Å². The van der Waals surface area contributed by atoms with Crippen LogP contribution in [0.15, 0.2) is 5.57 Å². The summed E-state index contributed by atoms with van der Waals surface area (Å²) in [7, 11) is 0. The molecule has 0 fully saturated rings. The second-order valence-corrected chi connectivity index (χ2v) is 3.67. The number of hydrogen-bond donors (Lipinski definition) is 1. The summed E-state index contributed by atoms with van der Waals surface area (Å²) in [6, 6.07) is 3.58. The van der Waals surface area contributed by atoms with Crippen molar-refractivity contribution in [2.75, 3.05) is 6.61 Å². The molecule has 0 radical (unpaired) electrons. The van der Waals surface area contributed by atoms with Crippen molar-refractivity contribution in [3.63, 3.8) is 0 Å². The van der Waals surface area contributed by atoms with E-state index in [1.54, 1.807) is 32.9 Å². The van der Waals surface area contributed by atoms with Gasteiger partial charge in [-0.2, -0.15) is 10.5 Å². The molecule has 0 saturated carbocycles. The molecular weight excluding hydrogens is 230 g/mol. The van der Waals surface area contributed by atoms with Gasteiger partial charge in [0.25, 0.3) is 0 Å². The van der Waals surface area contributed by atoms with Crippen LogP contribution in [0.3, 0.4) is 0 Å². The van der Waals surface area contributed by atoms with Gasteiger partial charge >= 0.3 is 5.97 Å². The van der Waals surface area contributed by atoms with Crippen molar-refractivity contribution < 1.29 is 9.53 Å². The molecule has 18 heavy (non-hydrogen) atoms. The lowest BCUT2D eigenvalue weighted by atomic mass is 10.1. The maximum atomic E-state index is 11.7. The van der Waals surface area contributed by atoms with Gasteiger partial charge in [-0.1, -0.05) is 0 Å². The van der Waals surface area contributed by atoms with Gasteiger partial charge in [-0.05, 0) is 32.4 Å². The Hall–Kier alpha value is -2.53. The molecule has 0 aliphatic heterocycles. The summed E-state index contributed by atoms with van der Waals surface area (Å²) in [4.78, 5) is 14.6. The number of ether oxygens (including phenoxy) is 1. The lowest BCUT2D eigenvalue weighted by Crippen LogP contribution is -2.06. The fraction of sp³-hybridized carbons (Fsp3) is 0.308. The number of allylic oxidation sites excluding steroid dienone is 1. The zero-order valence-corrected chi connectivity index (χ0v) is 10.5. The molecule has 0 saturated heterocycles. The van der Waals surface area contributed by atoms with Crippen LogP contribution < -0.4 is 0 Å². The quantitative estimate of drug-likeness (QED) is 0.651. The number of carbonyl (C=O) groups is 1. The number of nitrogens with one attached hydrogen (secondary N) is 1. The molecule has 1 rings (SSSR count). The van der Waals surface area contributed by atoms with Gasteiger partial charge in [0.05, 0.1) is 6.61 Å². The van der Waals surface area contributed by atoms with E-state index in [1.807, 2.05) is 0 Å². The maximum Gasteiger partial charge on any atom is 0.355 e. The van der Waals surface area contributed by atoms with Crippen molar-refractivity contribution in [2.24, 2.45) is 0 Å². The highest BCUT2D eigenvalue weighted by Crippen LogP contribution is 2.21. The lowest BCUT2D eigenvalue weighted by molar-refractivity contribution is 0.0519. The van der Waals surface area contributed by atoms with Gasteiger partial charge in [-0.25, -0.2) is 4.79 Å². The number of carbonyl (C=O) groups excluding carboxylic acids is 1. The number of rotatable bonds is 3. The Morgan fingerprint density at radius 3 is 2.50 bits per heavy atom. The Morgan fingerprint density at radius 2 is 2.00 bits per heavy atom. The van der Waals surface area contributed by atoms with Gasteiger partial charge in [0.2, 0.25) is 0 Å². The topological polar surface area (TPSA) is 89.7 Å². The molecule has 0 aliphatic carbocycles. The highest BCUT2D eigenvalue weighted by Gasteiger charge is 2.17. The van der Waals surface area contributed by atoms with Gasteiger partial charge in [0.15, 0.2) is 0 Å². The lowest BCUT2D eigenvalue weighted by Gasteiger charge is -2.00. The fourth-order valence-corrected chi connectivity index (χ4v) is 1.62. The van der Waals surface area contributed by atoms with E-state index in [0.717, 1.165) is 5.69 Å². The minimum absolute atomic E-state index is 0.00407.